The van der Waals surface area contributed by atoms with Gasteiger partial charge in [0.1, 0.15) is 0 Å². The van der Waals surface area contributed by atoms with E-state index in [2.05, 4.69) is 46.9 Å². The monoisotopic (exact) mass is 246 g/mol. The van der Waals surface area contributed by atoms with E-state index in [-0.39, 0.29) is 0 Å². The summed E-state index contributed by atoms with van der Waals surface area (Å²) >= 11 is 1.86. The topological polar surface area (TPSA) is 15.3 Å². The van der Waals surface area contributed by atoms with Crippen LogP contribution in [0.1, 0.15) is 5.56 Å². The molecule has 0 spiro atoms. The van der Waals surface area contributed by atoms with Crippen LogP contribution in [-0.4, -0.2) is 37.6 Å². The fourth-order valence-electron chi connectivity index (χ4n) is 2.54. The summed E-state index contributed by atoms with van der Waals surface area (Å²) in [6.07, 6.45) is 1.16. The Hall–Kier alpha value is -0.900. The number of thiophene rings is 1. The first-order valence-electron chi connectivity index (χ1n) is 6.20. The molecular weight excluding hydrogens is 228 g/mol. The molecule has 90 valence electrons. The standard InChI is InChI=1S/C14H18N2S/c1-16-7-6-15-9-12(16)8-11-10-17-14-5-3-2-4-13(11)14/h2-5,10,12,15H,6-9H2,1H3. The van der Waals surface area contributed by atoms with Crippen LogP contribution in [0.4, 0.5) is 0 Å². The Morgan fingerprint density at radius 3 is 3.18 bits per heavy atom. The first-order chi connectivity index (χ1) is 8.34. The minimum atomic E-state index is 0.641. The highest BCUT2D eigenvalue weighted by molar-refractivity contribution is 7.17. The van der Waals surface area contributed by atoms with Crippen molar-refractivity contribution in [2.75, 3.05) is 26.7 Å². The second kappa shape index (κ2) is 4.77. The Balaban J connectivity index is 1.84. The summed E-state index contributed by atoms with van der Waals surface area (Å²) in [6, 6.07) is 9.36. The van der Waals surface area contributed by atoms with E-state index in [1.54, 1.807) is 0 Å². The average molecular weight is 246 g/mol. The molecule has 0 aliphatic carbocycles. The molecule has 2 heterocycles. The molecule has 2 aromatic rings. The summed E-state index contributed by atoms with van der Waals surface area (Å²) in [4.78, 5) is 2.48. The molecule has 1 atom stereocenters. The van der Waals surface area contributed by atoms with Gasteiger partial charge in [0.05, 0.1) is 0 Å². The predicted molar refractivity (Wildman–Crippen MR) is 74.8 cm³/mol. The predicted octanol–water partition coefficient (Wildman–Crippen LogP) is 2.35. The molecule has 0 amide bonds. The van der Waals surface area contributed by atoms with Gasteiger partial charge in [0.2, 0.25) is 0 Å². The lowest BCUT2D eigenvalue weighted by Crippen LogP contribution is -2.50. The molecule has 17 heavy (non-hydrogen) atoms. The van der Waals surface area contributed by atoms with Crippen LogP contribution in [0.3, 0.4) is 0 Å². The van der Waals surface area contributed by atoms with E-state index in [1.165, 1.54) is 15.6 Å². The molecule has 3 heteroatoms. The molecule has 2 nitrogen and oxygen atoms in total. The van der Waals surface area contributed by atoms with Crippen LogP contribution in [0.5, 0.6) is 0 Å². The Labute approximate surface area is 106 Å². The summed E-state index contributed by atoms with van der Waals surface area (Å²) in [5, 5.41) is 7.26. The lowest BCUT2D eigenvalue weighted by Gasteiger charge is -2.33. The van der Waals surface area contributed by atoms with Gasteiger partial charge < -0.3 is 10.2 Å². The van der Waals surface area contributed by atoms with Gasteiger partial charge in [0, 0.05) is 30.4 Å². The van der Waals surface area contributed by atoms with E-state index in [4.69, 9.17) is 0 Å². The minimum absolute atomic E-state index is 0.641. The van der Waals surface area contributed by atoms with Gasteiger partial charge in [-0.05, 0) is 35.9 Å². The molecule has 0 radical (unpaired) electrons. The van der Waals surface area contributed by atoms with Crippen LogP contribution in [0.15, 0.2) is 29.6 Å². The van der Waals surface area contributed by atoms with E-state index in [0.717, 1.165) is 26.1 Å². The molecule has 1 aromatic carbocycles. The van der Waals surface area contributed by atoms with Crippen LogP contribution in [0.25, 0.3) is 10.1 Å². The number of hydrogen-bond donors (Lipinski definition) is 1. The van der Waals surface area contributed by atoms with E-state index in [0.29, 0.717) is 6.04 Å². The number of fused-ring (bicyclic) bond motifs is 1. The van der Waals surface area contributed by atoms with E-state index in [9.17, 15) is 0 Å². The van der Waals surface area contributed by atoms with Crippen molar-refractivity contribution in [1.29, 1.82) is 0 Å². The maximum absolute atomic E-state index is 3.49. The zero-order chi connectivity index (χ0) is 11.7. The van der Waals surface area contributed by atoms with Gasteiger partial charge in [-0.15, -0.1) is 11.3 Å². The Bertz CT molecular complexity index is 506. The first kappa shape index (κ1) is 11.2. The fraction of sp³-hybridized carbons (Fsp3) is 0.429. The van der Waals surface area contributed by atoms with Crippen molar-refractivity contribution >= 4 is 21.4 Å². The number of nitrogens with zero attached hydrogens (tertiary/aromatic N) is 1. The van der Waals surface area contributed by atoms with Gasteiger partial charge in [0.25, 0.3) is 0 Å². The Morgan fingerprint density at radius 1 is 1.41 bits per heavy atom. The van der Waals surface area contributed by atoms with Crippen molar-refractivity contribution < 1.29 is 0 Å². The molecule has 0 bridgehead atoms. The third kappa shape index (κ3) is 2.23. The molecule has 1 saturated heterocycles. The van der Waals surface area contributed by atoms with Crippen LogP contribution in [0.2, 0.25) is 0 Å². The molecule has 1 fully saturated rings. The van der Waals surface area contributed by atoms with Crippen molar-refractivity contribution in [3.8, 4) is 0 Å². The van der Waals surface area contributed by atoms with Crippen molar-refractivity contribution in [1.82, 2.24) is 10.2 Å². The zero-order valence-corrected chi connectivity index (χ0v) is 11.0. The summed E-state index contributed by atoms with van der Waals surface area (Å²) in [6.45, 7) is 3.39. The van der Waals surface area contributed by atoms with E-state index in [1.807, 2.05) is 11.3 Å². The van der Waals surface area contributed by atoms with Crippen LogP contribution >= 0.6 is 11.3 Å². The highest BCUT2D eigenvalue weighted by Crippen LogP contribution is 2.27. The van der Waals surface area contributed by atoms with E-state index < -0.39 is 0 Å². The highest BCUT2D eigenvalue weighted by atomic mass is 32.1. The largest absolute Gasteiger partial charge is 0.314 e. The first-order valence-corrected chi connectivity index (χ1v) is 7.08. The number of benzene rings is 1. The number of likely N-dealkylation sites (N-methyl/N-ethyl adjacent to an activating group) is 1. The normalized spacial score (nSPS) is 22.1. The van der Waals surface area contributed by atoms with Crippen LogP contribution < -0.4 is 5.32 Å². The third-order valence-corrected chi connectivity index (χ3v) is 4.67. The van der Waals surface area contributed by atoms with Gasteiger partial charge in [-0.2, -0.15) is 0 Å². The van der Waals surface area contributed by atoms with Gasteiger partial charge in [0.15, 0.2) is 0 Å². The molecule has 1 unspecified atom stereocenters. The highest BCUT2D eigenvalue weighted by Gasteiger charge is 2.19. The summed E-state index contributed by atoms with van der Waals surface area (Å²) < 4.78 is 1.41. The van der Waals surface area contributed by atoms with Gasteiger partial charge in [-0.25, -0.2) is 0 Å². The molecule has 1 aromatic heterocycles. The van der Waals surface area contributed by atoms with Crippen LogP contribution in [-0.2, 0) is 6.42 Å². The number of hydrogen-bond acceptors (Lipinski definition) is 3. The lowest BCUT2D eigenvalue weighted by molar-refractivity contribution is 0.199. The number of piperazine rings is 1. The quantitative estimate of drug-likeness (QED) is 0.875. The Morgan fingerprint density at radius 2 is 2.29 bits per heavy atom. The lowest BCUT2D eigenvalue weighted by atomic mass is 10.0. The second-order valence-corrected chi connectivity index (χ2v) is 5.71. The average Bonchev–Trinajstić information content (AvgIpc) is 2.76. The molecule has 1 aliphatic rings. The van der Waals surface area contributed by atoms with Crippen molar-refractivity contribution in [2.24, 2.45) is 0 Å². The maximum atomic E-state index is 3.49. The van der Waals surface area contributed by atoms with Crippen LogP contribution in [0, 0.1) is 0 Å². The van der Waals surface area contributed by atoms with Gasteiger partial charge >= 0.3 is 0 Å². The van der Waals surface area contributed by atoms with Crippen molar-refractivity contribution in [3.63, 3.8) is 0 Å². The summed E-state index contributed by atoms with van der Waals surface area (Å²) in [5.74, 6) is 0. The fourth-order valence-corrected chi connectivity index (χ4v) is 3.51. The molecular formula is C14H18N2S. The summed E-state index contributed by atoms with van der Waals surface area (Å²) in [7, 11) is 2.24. The van der Waals surface area contributed by atoms with Gasteiger partial charge in [-0.1, -0.05) is 18.2 Å². The molecule has 3 rings (SSSR count). The number of rotatable bonds is 2. The SMILES string of the molecule is CN1CCNCC1Cc1csc2ccccc12. The second-order valence-electron chi connectivity index (χ2n) is 4.80. The smallest absolute Gasteiger partial charge is 0.0345 e. The van der Waals surface area contributed by atoms with Gasteiger partial charge in [-0.3, -0.25) is 0 Å². The number of nitrogens with one attached hydrogen (secondary N) is 1. The van der Waals surface area contributed by atoms with Crippen molar-refractivity contribution in [2.45, 2.75) is 12.5 Å². The van der Waals surface area contributed by atoms with Crippen molar-refractivity contribution in [3.05, 3.63) is 35.2 Å². The van der Waals surface area contributed by atoms with E-state index >= 15 is 0 Å². The molecule has 1 aliphatic heterocycles. The summed E-state index contributed by atoms with van der Waals surface area (Å²) in [5.41, 5.74) is 1.51. The minimum Gasteiger partial charge on any atom is -0.314 e. The molecule has 0 saturated carbocycles. The maximum Gasteiger partial charge on any atom is 0.0345 e. The Kier molecular flexibility index (Phi) is 3.14. The molecule has 1 N–H and O–H groups in total. The third-order valence-electron chi connectivity index (χ3n) is 3.66. The zero-order valence-electron chi connectivity index (χ0n) is 10.1.